The number of carbonyl (C=O) groups excluding carboxylic acids is 8. The zero-order chi connectivity index (χ0) is 64.2. The Morgan fingerprint density at radius 2 is 1.53 bits per heavy atom. The summed E-state index contributed by atoms with van der Waals surface area (Å²) in [7, 11) is 4.82. The number of esters is 5. The maximum absolute atomic E-state index is 13.4. The van der Waals surface area contributed by atoms with Gasteiger partial charge in [-0.25, -0.2) is 4.79 Å². The average Bonchev–Trinajstić information content (AvgIpc) is 1.56. The summed E-state index contributed by atoms with van der Waals surface area (Å²) in [5, 5.41) is 24.1. The average molecular weight is 1240 g/mol. The molecule has 25 nitrogen and oxygen atoms in total. The lowest BCUT2D eigenvalue weighted by molar-refractivity contribution is -0.344. The lowest BCUT2D eigenvalue weighted by Crippen LogP contribution is -2.72. The van der Waals surface area contributed by atoms with Crippen LogP contribution in [0.25, 0.3) is 0 Å². The fourth-order valence-corrected chi connectivity index (χ4v) is 14.0. The number of thioether (sulfide) groups is 1. The molecule has 5 heterocycles. The molecule has 19 atom stereocenters. The summed E-state index contributed by atoms with van der Waals surface area (Å²) in [5.41, 5.74) is 3.97. The Morgan fingerprint density at radius 1 is 0.884 bits per heavy atom. The number of rotatable bonds is 17. The number of carboxylic acids is 1. The van der Waals surface area contributed by atoms with Crippen LogP contribution in [-0.4, -0.2) is 208 Å². The number of nitrogens with zero attached hydrogens (tertiary/aromatic N) is 2. The molecule has 0 aromatic heterocycles. The van der Waals surface area contributed by atoms with Gasteiger partial charge in [-0.1, -0.05) is 58.3 Å². The number of aliphatic hydroxyl groups excluding tert-OH is 1. The predicted octanol–water partition coefficient (Wildman–Crippen LogP) is 4.19. The van der Waals surface area contributed by atoms with Crippen LogP contribution in [0.15, 0.2) is 24.3 Å². The summed E-state index contributed by atoms with van der Waals surface area (Å²) in [6, 6.07) is -2.36. The van der Waals surface area contributed by atoms with Crippen molar-refractivity contribution in [1.82, 2.24) is 15.1 Å². The summed E-state index contributed by atoms with van der Waals surface area (Å²) in [4.78, 5) is 115. The Balaban J connectivity index is 0.000000483. The molecule has 5 aliphatic heterocycles. The molecular weight excluding hydrogens is 1140 g/mol. The van der Waals surface area contributed by atoms with Crippen LogP contribution in [-0.2, 0) is 90.5 Å². The Hall–Kier alpha value is -5.06. The quantitative estimate of drug-likeness (QED) is 0.0686. The summed E-state index contributed by atoms with van der Waals surface area (Å²) < 4.78 is 60.1. The van der Waals surface area contributed by atoms with Crippen molar-refractivity contribution in [2.45, 2.75) is 266 Å². The smallest absolute Gasteiger partial charge is 0.327 e. The standard InChI is InChI=1S/C45H71NO17.C15H23N3O4S/c1-13-34(50)59-33-23-36(52)55-26(4)18-16-15-17-19-32(58-29(7)48)25(3)22-31(20-21-47)41(42(33)54-12)62-44-39(53)38(46(10)11)40(27(5)57-44)61-37-24-45(9,63-30(8)49)43(28(6)56-37)60-35(51)14-2;1-14(2)9(12(20)21)18-10(19)8(11(18)23-14)17-13(22)15(16)6-4-3-5-7-15/h15-17,19,21,25-28,31-33,37-44,53H,13-14,18,20,22-24H2,1-12H3;8-9,11H,3-7,16H2,1-2H3,(H,17,22)(H,20,21)/b16-15+,19-17+;/t25-,26-,27-,28+,31+,32+,33-,37+,38-,39-,40-,41+,42+,43+,44+,45-;8-,9+,11-/m11/s1. The molecule has 0 radical (unpaired) electrons. The first kappa shape index (κ1) is 71.7. The molecule has 2 amide bonds. The van der Waals surface area contributed by atoms with E-state index in [0.717, 1.165) is 19.3 Å². The fourth-order valence-electron chi connectivity index (χ4n) is 12.4. The third-order valence-corrected chi connectivity index (χ3v) is 18.2. The number of aliphatic hydroxyl groups is 1. The largest absolute Gasteiger partial charge is 0.480 e. The van der Waals surface area contributed by atoms with E-state index in [0.29, 0.717) is 25.5 Å². The molecule has 4 saturated heterocycles. The SMILES string of the molecule is CC1(C)S[C@@H]2[C@H](NC(=O)C3(N)CCCCC3)C(=O)N2[C@H]1C(=O)O.CCC(=O)O[C@@H]1CC(=O)O[C@H](C)C/C=C/C=C/[C@H](OC(C)=O)[C@H](C)C[C@H](CC=O)[C@H](O[C@@H]2O[C@H](C)[C@@H](O[C@H]3C[C@@](C)(OC(C)=O)[C@@H](OC(=O)CC)[C@H](C)O3)[C@H](N(C)C)[C@H]2O)[C@H]1OC. The molecule has 0 spiro atoms. The molecule has 1 aliphatic carbocycles. The Morgan fingerprint density at radius 3 is 2.12 bits per heavy atom. The number of methoxy groups -OCH3 is 1. The van der Waals surface area contributed by atoms with Crippen molar-refractivity contribution in [1.29, 1.82) is 0 Å². The molecule has 0 aromatic carbocycles. The van der Waals surface area contributed by atoms with Gasteiger partial charge in [0.15, 0.2) is 24.3 Å². The predicted molar refractivity (Wildman–Crippen MR) is 310 cm³/mol. The summed E-state index contributed by atoms with van der Waals surface area (Å²) in [5.74, 6) is -5.68. The van der Waals surface area contributed by atoms with Crippen molar-refractivity contribution >= 4 is 65.7 Å². The van der Waals surface area contributed by atoms with Crippen LogP contribution in [0, 0.1) is 11.8 Å². The summed E-state index contributed by atoms with van der Waals surface area (Å²) in [6.07, 6.45) is -0.303. The molecule has 26 heteroatoms. The van der Waals surface area contributed by atoms with Gasteiger partial charge in [0.05, 0.1) is 36.3 Å². The molecule has 1 saturated carbocycles. The fraction of sp³-hybridized carbons (Fsp3) is 0.783. The first-order chi connectivity index (χ1) is 40.3. The first-order valence-corrected chi connectivity index (χ1v) is 30.8. The van der Waals surface area contributed by atoms with E-state index in [1.807, 2.05) is 20.8 Å². The highest BCUT2D eigenvalue weighted by Gasteiger charge is 2.65. The van der Waals surface area contributed by atoms with E-state index in [1.54, 1.807) is 84.8 Å². The highest BCUT2D eigenvalue weighted by Crippen LogP contribution is 2.51. The highest BCUT2D eigenvalue weighted by molar-refractivity contribution is 8.01. The Labute approximate surface area is 509 Å². The maximum Gasteiger partial charge on any atom is 0.327 e. The second-order valence-corrected chi connectivity index (χ2v) is 26.1. The van der Waals surface area contributed by atoms with Crippen LogP contribution < -0.4 is 11.1 Å². The zero-order valence-electron chi connectivity index (χ0n) is 52.3. The first-order valence-electron chi connectivity index (χ1n) is 29.9. The highest BCUT2D eigenvalue weighted by atomic mass is 32.2. The van der Waals surface area contributed by atoms with Crippen LogP contribution in [0.1, 0.15) is 153 Å². The van der Waals surface area contributed by atoms with Crippen LogP contribution >= 0.6 is 11.8 Å². The minimum absolute atomic E-state index is 0.0260. The third-order valence-electron chi connectivity index (χ3n) is 16.7. The third kappa shape index (κ3) is 18.1. The number of likely N-dealkylation sites (N-methyl/N-ethyl adjacent to an activating group) is 1. The molecule has 0 aromatic rings. The number of amides is 2. The van der Waals surface area contributed by atoms with Gasteiger partial charge < -0.3 is 83.2 Å². The van der Waals surface area contributed by atoms with Gasteiger partial charge in [0.25, 0.3) is 0 Å². The van der Waals surface area contributed by atoms with E-state index in [1.165, 1.54) is 37.6 Å². The summed E-state index contributed by atoms with van der Waals surface area (Å²) in [6.45, 7) is 18.0. The van der Waals surface area contributed by atoms with Crippen LogP contribution in [0.4, 0.5) is 0 Å². The maximum atomic E-state index is 13.4. The number of ether oxygens (including phenoxy) is 10. The van der Waals surface area contributed by atoms with Crippen molar-refractivity contribution in [2.24, 2.45) is 17.6 Å². The molecule has 0 unspecified atom stereocenters. The lowest BCUT2D eigenvalue weighted by atomic mass is 9.81. The molecular formula is C60H94N4O21S. The lowest BCUT2D eigenvalue weighted by Gasteiger charge is -2.50. The normalized spacial score (nSPS) is 37.1. The van der Waals surface area contributed by atoms with Gasteiger partial charge in [0.2, 0.25) is 11.8 Å². The number of allylic oxidation sites excluding steroid dienone is 2. The Kier molecular flexibility index (Phi) is 26.2. The van der Waals surface area contributed by atoms with Gasteiger partial charge in [0.1, 0.15) is 60.4 Å². The number of hydrogen-bond donors (Lipinski definition) is 4. The van der Waals surface area contributed by atoms with Gasteiger partial charge in [-0.3, -0.25) is 33.6 Å². The number of carboxylic acid groups (broad SMARTS) is 1. The van der Waals surface area contributed by atoms with Gasteiger partial charge in [-0.2, -0.15) is 0 Å². The molecule has 6 aliphatic rings. The molecule has 86 heavy (non-hydrogen) atoms. The van der Waals surface area contributed by atoms with E-state index < -0.39 is 162 Å². The number of β-lactam (4-membered cyclic amide) rings is 1. The van der Waals surface area contributed by atoms with Crippen molar-refractivity contribution in [3.8, 4) is 0 Å². The number of aliphatic carboxylic acids is 1. The van der Waals surface area contributed by atoms with E-state index in [4.69, 9.17) is 53.1 Å². The molecule has 486 valence electrons. The monoisotopic (exact) mass is 1240 g/mol. The van der Waals surface area contributed by atoms with E-state index >= 15 is 0 Å². The van der Waals surface area contributed by atoms with Gasteiger partial charge >= 0.3 is 35.8 Å². The Bertz CT molecular complexity index is 2440. The van der Waals surface area contributed by atoms with Gasteiger partial charge in [-0.15, -0.1) is 11.8 Å². The molecule has 5 fully saturated rings. The van der Waals surface area contributed by atoms with Crippen molar-refractivity contribution in [3.05, 3.63) is 24.3 Å². The molecule has 0 bridgehead atoms. The second-order valence-electron chi connectivity index (χ2n) is 24.4. The number of nitrogens with two attached hydrogens (primary N) is 1. The van der Waals surface area contributed by atoms with E-state index in [-0.39, 0.29) is 49.3 Å². The van der Waals surface area contributed by atoms with E-state index in [9.17, 15) is 53.4 Å². The number of fused-ring (bicyclic) bond motifs is 1. The minimum Gasteiger partial charge on any atom is -0.480 e. The minimum atomic E-state index is -1.45. The zero-order valence-corrected chi connectivity index (χ0v) is 53.1. The van der Waals surface area contributed by atoms with Gasteiger partial charge in [-0.05, 0) is 92.8 Å². The van der Waals surface area contributed by atoms with E-state index in [2.05, 4.69) is 5.32 Å². The number of carbonyl (C=O) groups is 9. The number of aldehydes is 1. The van der Waals surface area contributed by atoms with Crippen molar-refractivity contribution < 1.29 is 101 Å². The molecule has 6 rings (SSSR count). The van der Waals surface area contributed by atoms with Crippen LogP contribution in [0.5, 0.6) is 0 Å². The van der Waals surface area contributed by atoms with Crippen LogP contribution in [0.3, 0.4) is 0 Å². The van der Waals surface area contributed by atoms with Crippen molar-refractivity contribution in [2.75, 3.05) is 21.2 Å². The topological polar surface area (TPSA) is 331 Å². The second kappa shape index (κ2) is 31.4. The number of cyclic esters (lactones) is 1. The van der Waals surface area contributed by atoms with Crippen LogP contribution in [0.2, 0.25) is 0 Å². The summed E-state index contributed by atoms with van der Waals surface area (Å²) >= 11 is 1.42. The number of hydrogen-bond acceptors (Lipinski definition) is 23. The molecule has 5 N–H and O–H groups in total. The number of nitrogens with one attached hydrogen (secondary N) is 1. The van der Waals surface area contributed by atoms with Gasteiger partial charge in [0, 0.05) is 57.8 Å². The van der Waals surface area contributed by atoms with Crippen molar-refractivity contribution in [3.63, 3.8) is 0 Å².